The molecule has 0 aliphatic carbocycles. The number of benzene rings is 3. The van der Waals surface area contributed by atoms with Gasteiger partial charge in [-0.05, 0) is 62.4 Å². The molecule has 0 bridgehead atoms. The number of aryl methyl sites for hydroxylation is 2. The van der Waals surface area contributed by atoms with Crippen LogP contribution < -0.4 is 14.1 Å². The van der Waals surface area contributed by atoms with Gasteiger partial charge in [-0.25, -0.2) is 4.57 Å². The highest BCUT2D eigenvalue weighted by Crippen LogP contribution is 2.43. The molecule has 46 heavy (non-hydrogen) atoms. The van der Waals surface area contributed by atoms with Crippen molar-refractivity contribution in [3.05, 3.63) is 86.4 Å². The standard InChI is InChI=1S/C18H18N4O6S4.C6H6NO6P/c1-3-21-13-7-5-11(31(23,24)25)9-15(13)29-17(21)19-20-18-22(4-2)14-8-6-12(32(26,27)28)10-16(14)30-18;8-7(9)13-14(10,11)12-6-4-2-1-3-5-6/h5-10H,3-4H2,1-2H3,(H,23,24,25)(H,26,27,28);1-5H,(H,10,11)/b19-17-,20-18-;. The van der Waals surface area contributed by atoms with Crippen LogP contribution in [0.1, 0.15) is 13.8 Å². The predicted octanol–water partition coefficient (Wildman–Crippen LogP) is 4.04. The summed E-state index contributed by atoms with van der Waals surface area (Å²) >= 11 is 2.47. The summed E-state index contributed by atoms with van der Waals surface area (Å²) in [5.74, 6) is 0.0141. The molecule has 0 spiro atoms. The zero-order valence-electron chi connectivity index (χ0n) is 23.6. The fourth-order valence-corrected chi connectivity index (χ4v) is 7.92. The number of hydrogen-bond donors (Lipinski definition) is 3. The van der Waals surface area contributed by atoms with Gasteiger partial charge < -0.3 is 13.7 Å². The summed E-state index contributed by atoms with van der Waals surface area (Å²) < 4.78 is 88.1. The molecule has 0 radical (unpaired) electrons. The molecule has 17 nitrogen and oxygen atoms in total. The Hall–Kier alpha value is -3.95. The molecule has 22 heteroatoms. The van der Waals surface area contributed by atoms with E-state index in [9.17, 15) is 40.6 Å². The molecule has 5 rings (SSSR count). The molecule has 2 heterocycles. The Balaban J connectivity index is 0.000000288. The van der Waals surface area contributed by atoms with Crippen molar-refractivity contribution in [2.45, 2.75) is 36.7 Å². The second kappa shape index (κ2) is 13.8. The molecular formula is C24H24N5O12PS4. The van der Waals surface area contributed by atoms with Gasteiger partial charge in [0.25, 0.3) is 20.2 Å². The molecule has 0 aliphatic rings. The molecule has 1 atom stereocenters. The number of phosphoric ester groups is 1. The highest BCUT2D eigenvalue weighted by Gasteiger charge is 2.26. The Morgan fingerprint density at radius 2 is 1.26 bits per heavy atom. The fourth-order valence-electron chi connectivity index (χ4n) is 3.99. The number of hydrogen-bond acceptors (Lipinski definition) is 13. The van der Waals surface area contributed by atoms with E-state index in [0.29, 0.717) is 32.1 Å². The number of phosphoric acid groups is 1. The zero-order chi connectivity index (χ0) is 33.9. The first-order valence-corrected chi connectivity index (χ1v) is 18.7. The average molecular weight is 734 g/mol. The van der Waals surface area contributed by atoms with Crippen molar-refractivity contribution in [3.8, 4) is 5.75 Å². The summed E-state index contributed by atoms with van der Waals surface area (Å²) in [6.45, 7) is 4.98. The van der Waals surface area contributed by atoms with Gasteiger partial charge in [-0.1, -0.05) is 40.9 Å². The minimum absolute atomic E-state index is 0.0141. The van der Waals surface area contributed by atoms with E-state index in [2.05, 4.69) is 19.4 Å². The van der Waals surface area contributed by atoms with E-state index in [1.165, 1.54) is 59.1 Å². The van der Waals surface area contributed by atoms with Crippen LogP contribution in [0.4, 0.5) is 0 Å². The topological polar surface area (TPSA) is 242 Å². The van der Waals surface area contributed by atoms with Crippen LogP contribution in [0.25, 0.3) is 20.4 Å². The lowest BCUT2D eigenvalue weighted by molar-refractivity contribution is -0.717. The first kappa shape index (κ1) is 34.9. The van der Waals surface area contributed by atoms with E-state index >= 15 is 0 Å². The van der Waals surface area contributed by atoms with Crippen LogP contribution in [0, 0.1) is 10.1 Å². The Morgan fingerprint density at radius 1 is 0.826 bits per heavy atom. The summed E-state index contributed by atoms with van der Waals surface area (Å²) in [7, 11) is -13.3. The molecular weight excluding hydrogens is 710 g/mol. The second-order valence-electron chi connectivity index (χ2n) is 8.85. The summed E-state index contributed by atoms with van der Waals surface area (Å²) in [5.41, 5.74) is 1.52. The summed E-state index contributed by atoms with van der Waals surface area (Å²) in [6.07, 6.45) is 0. The van der Waals surface area contributed by atoms with Crippen LogP contribution in [0.3, 0.4) is 0 Å². The highest BCUT2D eigenvalue weighted by atomic mass is 32.2. The SMILES string of the molecule is CCn1/c(=N/N=c2\sc3cc(S(=O)(=O)O)ccc3n2CC)sc2cc(S(=O)(=O)O)ccc21.O=[N+]([O-])OP(=O)(O)Oc1ccccc1. The largest absolute Gasteiger partial charge is 0.557 e. The predicted molar refractivity (Wildman–Crippen MR) is 167 cm³/mol. The van der Waals surface area contributed by atoms with Gasteiger partial charge >= 0.3 is 12.9 Å². The molecule has 0 amide bonds. The quantitative estimate of drug-likeness (QED) is 0.0841. The highest BCUT2D eigenvalue weighted by molar-refractivity contribution is 7.86. The van der Waals surface area contributed by atoms with E-state index < -0.39 is 33.1 Å². The van der Waals surface area contributed by atoms with Crippen LogP contribution in [0.15, 0.2) is 86.7 Å². The van der Waals surface area contributed by atoms with Gasteiger partial charge in [0.1, 0.15) is 5.75 Å². The van der Waals surface area contributed by atoms with Gasteiger partial charge in [0.05, 0.1) is 30.2 Å². The maximum Gasteiger partial charge on any atom is 0.557 e. The van der Waals surface area contributed by atoms with Crippen LogP contribution in [0.2, 0.25) is 0 Å². The third-order valence-corrected chi connectivity index (χ3v) is 10.4. The molecule has 3 N–H and O–H groups in total. The molecule has 3 aromatic carbocycles. The van der Waals surface area contributed by atoms with Gasteiger partial charge in [-0.2, -0.15) is 21.5 Å². The molecule has 2 aromatic heterocycles. The molecule has 0 saturated carbocycles. The Morgan fingerprint density at radius 3 is 1.63 bits per heavy atom. The van der Waals surface area contributed by atoms with Gasteiger partial charge in [0, 0.05) is 13.1 Å². The Labute approximate surface area is 268 Å². The number of rotatable bonds is 9. The van der Waals surface area contributed by atoms with Crippen molar-refractivity contribution in [2.24, 2.45) is 10.2 Å². The number of nitrogens with zero attached hydrogens (tertiary/aromatic N) is 5. The van der Waals surface area contributed by atoms with Crippen molar-refractivity contribution in [1.29, 1.82) is 0 Å². The second-order valence-corrected chi connectivity index (χ2v) is 15.0. The monoisotopic (exact) mass is 733 g/mol. The lowest BCUT2D eigenvalue weighted by atomic mass is 10.3. The van der Waals surface area contributed by atoms with Crippen molar-refractivity contribution >= 4 is 71.2 Å². The molecule has 0 saturated heterocycles. The van der Waals surface area contributed by atoms with Crippen molar-refractivity contribution in [2.75, 3.05) is 0 Å². The molecule has 0 fully saturated rings. The average Bonchev–Trinajstić information content (AvgIpc) is 3.51. The first-order valence-electron chi connectivity index (χ1n) is 12.7. The number of fused-ring (bicyclic) bond motifs is 2. The van der Waals surface area contributed by atoms with Gasteiger partial charge in [0.2, 0.25) is 9.60 Å². The minimum atomic E-state index is -4.67. The third kappa shape index (κ3) is 8.44. The summed E-state index contributed by atoms with van der Waals surface area (Å²) in [6, 6.07) is 16.2. The summed E-state index contributed by atoms with van der Waals surface area (Å²) in [4.78, 5) is 19.3. The zero-order valence-corrected chi connectivity index (χ0v) is 27.8. The van der Waals surface area contributed by atoms with Gasteiger partial charge in [-0.3, -0.25) is 14.0 Å². The molecule has 1 unspecified atom stereocenters. The number of aromatic nitrogens is 2. The smallest absolute Gasteiger partial charge is 0.406 e. The Kier molecular flexibility index (Phi) is 10.5. The fraction of sp³-hybridized carbons (Fsp3) is 0.167. The van der Waals surface area contributed by atoms with Crippen molar-refractivity contribution in [1.82, 2.24) is 9.13 Å². The van der Waals surface area contributed by atoms with E-state index in [0.717, 1.165) is 11.0 Å². The van der Waals surface area contributed by atoms with Crippen LogP contribution >= 0.6 is 30.5 Å². The van der Waals surface area contributed by atoms with Crippen LogP contribution in [-0.4, -0.2) is 45.1 Å². The van der Waals surface area contributed by atoms with Crippen LogP contribution in [-0.2, 0) is 42.5 Å². The van der Waals surface area contributed by atoms with E-state index in [1.807, 2.05) is 23.0 Å². The minimum Gasteiger partial charge on any atom is -0.406 e. The summed E-state index contributed by atoms with van der Waals surface area (Å²) in [5, 5.41) is 17.1. The van der Waals surface area contributed by atoms with E-state index in [1.54, 1.807) is 30.3 Å². The number of para-hydroxylation sites is 1. The maximum atomic E-state index is 11.4. The van der Waals surface area contributed by atoms with Crippen LogP contribution in [0.5, 0.6) is 5.75 Å². The van der Waals surface area contributed by atoms with Gasteiger partial charge in [0.15, 0.2) is 0 Å². The van der Waals surface area contributed by atoms with Crippen molar-refractivity contribution in [3.63, 3.8) is 0 Å². The molecule has 246 valence electrons. The molecule has 5 aromatic rings. The first-order chi connectivity index (χ1) is 21.5. The lowest BCUT2D eigenvalue weighted by Gasteiger charge is -2.09. The normalized spacial score (nSPS) is 14.1. The lowest BCUT2D eigenvalue weighted by Crippen LogP contribution is -2.16. The third-order valence-electron chi connectivity index (χ3n) is 5.89. The van der Waals surface area contributed by atoms with E-state index in [-0.39, 0.29) is 15.5 Å². The molecule has 0 aliphatic heterocycles. The van der Waals surface area contributed by atoms with E-state index in [4.69, 9.17) is 4.89 Å². The Bertz CT molecular complexity index is 2200. The number of thiazole rings is 2. The maximum absolute atomic E-state index is 11.4. The van der Waals surface area contributed by atoms with Crippen molar-refractivity contribution < 1.29 is 49.6 Å². The van der Waals surface area contributed by atoms with Gasteiger partial charge in [-0.15, -0.1) is 20.3 Å².